The van der Waals surface area contributed by atoms with Gasteiger partial charge >= 0.3 is 0 Å². The second-order valence-corrected chi connectivity index (χ2v) is 7.26. The maximum Gasteiger partial charge on any atom is 0.145 e. The van der Waals surface area contributed by atoms with Gasteiger partial charge in [0.05, 0.1) is 12.5 Å². The zero-order chi connectivity index (χ0) is 17.4. The highest BCUT2D eigenvalue weighted by atomic mass is 16.6. The summed E-state index contributed by atoms with van der Waals surface area (Å²) in [5, 5.41) is 0. The molecule has 1 fully saturated rings. The third-order valence-corrected chi connectivity index (χ3v) is 5.48. The first-order valence-corrected chi connectivity index (χ1v) is 9.75. The molecule has 0 aliphatic heterocycles. The monoisotopic (exact) mass is 335 g/mol. The molecule has 2 rings (SSSR count). The minimum Gasteiger partial charge on any atom is -0.302 e. The van der Waals surface area contributed by atoms with Crippen LogP contribution in [0.1, 0.15) is 71.6 Å². The number of allylic oxidation sites excluding steroid dienone is 2. The fourth-order valence-electron chi connectivity index (χ4n) is 4.26. The number of hydroxylamine groups is 1. The van der Waals surface area contributed by atoms with Crippen molar-refractivity contribution in [1.29, 1.82) is 0 Å². The minimum absolute atomic E-state index is 0.125. The molecule has 0 aromatic carbocycles. The van der Waals surface area contributed by atoms with Crippen molar-refractivity contribution in [1.82, 2.24) is 5.48 Å². The lowest BCUT2D eigenvalue weighted by Crippen LogP contribution is -2.48. The third-order valence-electron chi connectivity index (χ3n) is 5.48. The topological polar surface area (TPSA) is 55.4 Å². The normalized spacial score (nSPS) is 30.0. The van der Waals surface area contributed by atoms with Gasteiger partial charge in [0.1, 0.15) is 11.6 Å². The van der Waals surface area contributed by atoms with Gasteiger partial charge in [0, 0.05) is 18.9 Å². The van der Waals surface area contributed by atoms with E-state index in [0.717, 1.165) is 38.5 Å². The van der Waals surface area contributed by atoms with Crippen LogP contribution in [-0.4, -0.2) is 24.2 Å². The van der Waals surface area contributed by atoms with Crippen LogP contribution >= 0.6 is 0 Å². The van der Waals surface area contributed by atoms with Crippen LogP contribution in [0.4, 0.5) is 0 Å². The van der Waals surface area contributed by atoms with Gasteiger partial charge in [-0.2, -0.15) is 5.48 Å². The Morgan fingerprint density at radius 2 is 1.79 bits per heavy atom. The predicted octanol–water partition coefficient (Wildman–Crippen LogP) is 4.00. The van der Waals surface area contributed by atoms with Crippen LogP contribution in [0.25, 0.3) is 0 Å². The first-order chi connectivity index (χ1) is 11.7. The first-order valence-electron chi connectivity index (χ1n) is 9.75. The number of Topliss-reactive ketones (excluding diaryl/α,β-unsaturated/α-hetero) is 2. The van der Waals surface area contributed by atoms with E-state index in [2.05, 4.69) is 24.6 Å². The molecule has 0 bridgehead atoms. The van der Waals surface area contributed by atoms with E-state index < -0.39 is 5.92 Å². The Bertz CT molecular complexity index is 428. The number of ketones is 2. The van der Waals surface area contributed by atoms with Crippen molar-refractivity contribution in [2.75, 3.05) is 6.61 Å². The van der Waals surface area contributed by atoms with E-state index in [-0.39, 0.29) is 23.5 Å². The molecule has 2 unspecified atom stereocenters. The first kappa shape index (κ1) is 19.3. The van der Waals surface area contributed by atoms with Gasteiger partial charge in [-0.05, 0) is 57.3 Å². The van der Waals surface area contributed by atoms with Gasteiger partial charge in [-0.1, -0.05) is 25.5 Å². The maximum atomic E-state index is 12.8. The highest BCUT2D eigenvalue weighted by molar-refractivity contribution is 6.05. The quantitative estimate of drug-likeness (QED) is 0.434. The van der Waals surface area contributed by atoms with Gasteiger partial charge in [0.25, 0.3) is 0 Å². The second kappa shape index (κ2) is 10.1. The molecule has 24 heavy (non-hydrogen) atoms. The van der Waals surface area contributed by atoms with E-state index >= 15 is 0 Å². The highest BCUT2D eigenvalue weighted by Gasteiger charge is 2.42. The van der Waals surface area contributed by atoms with Crippen molar-refractivity contribution in [2.45, 2.75) is 77.7 Å². The summed E-state index contributed by atoms with van der Waals surface area (Å²) in [6, 6.07) is -0.170. The zero-order valence-electron chi connectivity index (χ0n) is 15.3. The van der Waals surface area contributed by atoms with Crippen LogP contribution in [0, 0.1) is 17.8 Å². The molecule has 0 amide bonds. The zero-order valence-corrected chi connectivity index (χ0v) is 15.3. The van der Waals surface area contributed by atoms with Gasteiger partial charge in [0.15, 0.2) is 0 Å². The minimum atomic E-state index is -0.513. The number of nitrogens with one attached hydrogen (secondary N) is 1. The van der Waals surface area contributed by atoms with E-state index in [0.29, 0.717) is 25.4 Å². The summed E-state index contributed by atoms with van der Waals surface area (Å²) in [6.45, 7) is 4.51. The van der Waals surface area contributed by atoms with E-state index in [1.165, 1.54) is 6.42 Å². The van der Waals surface area contributed by atoms with Gasteiger partial charge in [-0.15, -0.1) is 0 Å². The fourth-order valence-corrected chi connectivity index (χ4v) is 4.26. The average Bonchev–Trinajstić information content (AvgIpc) is 2.51. The predicted molar refractivity (Wildman–Crippen MR) is 95.4 cm³/mol. The number of hydrogen-bond donors (Lipinski definition) is 1. The molecule has 4 nitrogen and oxygen atoms in total. The Morgan fingerprint density at radius 3 is 2.46 bits per heavy atom. The molecule has 2 atom stereocenters. The van der Waals surface area contributed by atoms with E-state index in [1.807, 2.05) is 6.92 Å². The summed E-state index contributed by atoms with van der Waals surface area (Å²) in [5.74, 6) is 0.510. The lowest BCUT2D eigenvalue weighted by Gasteiger charge is -2.35. The largest absolute Gasteiger partial charge is 0.302 e. The lowest BCUT2D eigenvalue weighted by molar-refractivity contribution is -0.142. The van der Waals surface area contributed by atoms with Crippen molar-refractivity contribution in [3.8, 4) is 0 Å². The van der Waals surface area contributed by atoms with Crippen LogP contribution in [0.5, 0.6) is 0 Å². The molecule has 2 aliphatic rings. The van der Waals surface area contributed by atoms with E-state index in [1.54, 1.807) is 0 Å². The molecule has 0 aromatic heterocycles. The van der Waals surface area contributed by atoms with Gasteiger partial charge < -0.3 is 4.84 Å². The van der Waals surface area contributed by atoms with Crippen molar-refractivity contribution in [3.63, 3.8) is 0 Å². The standard InChI is InChI=1S/C20H33NO3/c1-3-10-17(21-24-4-2)20-18(22)13-16(14-19(20)23)15-11-8-6-5-7-9-12-15/h5-6,15-17,20-21H,3-4,7-14H2,1-2H3. The summed E-state index contributed by atoms with van der Waals surface area (Å²) >= 11 is 0. The molecule has 0 spiro atoms. The summed E-state index contributed by atoms with van der Waals surface area (Å²) in [4.78, 5) is 30.8. The number of rotatable bonds is 7. The summed E-state index contributed by atoms with van der Waals surface area (Å²) in [7, 11) is 0. The summed E-state index contributed by atoms with van der Waals surface area (Å²) in [6.07, 6.45) is 13.0. The molecule has 0 heterocycles. The fraction of sp³-hybridized carbons (Fsp3) is 0.800. The Labute approximate surface area is 146 Å². The second-order valence-electron chi connectivity index (χ2n) is 7.26. The molecule has 1 saturated carbocycles. The van der Waals surface area contributed by atoms with E-state index in [4.69, 9.17) is 4.84 Å². The van der Waals surface area contributed by atoms with Crippen molar-refractivity contribution < 1.29 is 14.4 Å². The highest BCUT2D eigenvalue weighted by Crippen LogP contribution is 2.36. The van der Waals surface area contributed by atoms with Crippen LogP contribution in [-0.2, 0) is 14.4 Å². The maximum absolute atomic E-state index is 12.8. The molecule has 4 heteroatoms. The Hall–Kier alpha value is -1.00. The number of carbonyl (C=O) groups is 2. The molecule has 136 valence electrons. The smallest absolute Gasteiger partial charge is 0.145 e. The summed E-state index contributed by atoms with van der Waals surface area (Å²) < 4.78 is 0. The molecule has 1 N–H and O–H groups in total. The van der Waals surface area contributed by atoms with Crippen molar-refractivity contribution in [3.05, 3.63) is 12.2 Å². The number of carbonyl (C=O) groups excluding carboxylic acids is 2. The average molecular weight is 335 g/mol. The van der Waals surface area contributed by atoms with Crippen molar-refractivity contribution >= 4 is 11.6 Å². The molecule has 2 aliphatic carbocycles. The Morgan fingerprint density at radius 1 is 1.08 bits per heavy atom. The molecule has 0 radical (unpaired) electrons. The van der Waals surface area contributed by atoms with Crippen molar-refractivity contribution in [2.24, 2.45) is 17.8 Å². The van der Waals surface area contributed by atoms with Crippen LogP contribution in [0.2, 0.25) is 0 Å². The van der Waals surface area contributed by atoms with Crippen LogP contribution < -0.4 is 5.48 Å². The van der Waals surface area contributed by atoms with E-state index in [9.17, 15) is 9.59 Å². The van der Waals surface area contributed by atoms with Gasteiger partial charge in [-0.3, -0.25) is 9.59 Å². The van der Waals surface area contributed by atoms with Crippen LogP contribution in [0.15, 0.2) is 12.2 Å². The third kappa shape index (κ3) is 5.25. The SMILES string of the molecule is CCCC(NOCC)C1C(=O)CC(C2CCC=CCCC2)CC1=O. The van der Waals surface area contributed by atoms with Crippen LogP contribution in [0.3, 0.4) is 0 Å². The number of hydrogen-bond acceptors (Lipinski definition) is 4. The van der Waals surface area contributed by atoms with Gasteiger partial charge in [0.2, 0.25) is 0 Å². The Kier molecular flexibility index (Phi) is 8.13. The molecular weight excluding hydrogens is 302 g/mol. The Balaban J connectivity index is 2.00. The molecule has 0 saturated heterocycles. The lowest BCUT2D eigenvalue weighted by atomic mass is 9.69. The summed E-state index contributed by atoms with van der Waals surface area (Å²) in [5.41, 5.74) is 2.96. The molecular formula is C20H33NO3. The van der Waals surface area contributed by atoms with Gasteiger partial charge in [-0.25, -0.2) is 0 Å². The molecule has 0 aromatic rings.